The van der Waals surface area contributed by atoms with Crippen LogP contribution in [0.25, 0.3) is 11.1 Å². The van der Waals surface area contributed by atoms with Gasteiger partial charge in [-0.15, -0.1) is 0 Å². The molecular weight excluding hydrogens is 248 g/mol. The van der Waals surface area contributed by atoms with E-state index in [0.717, 1.165) is 16.9 Å². The van der Waals surface area contributed by atoms with E-state index in [-0.39, 0.29) is 5.97 Å². The molecule has 1 aromatic carbocycles. The lowest BCUT2D eigenvalue weighted by atomic mass is 10.0. The lowest BCUT2D eigenvalue weighted by Gasteiger charge is -2.08. The predicted octanol–water partition coefficient (Wildman–Crippen LogP) is 3.60. The van der Waals surface area contributed by atoms with Gasteiger partial charge >= 0.3 is 5.97 Å². The third-order valence-corrected chi connectivity index (χ3v) is 3.30. The van der Waals surface area contributed by atoms with Crippen molar-refractivity contribution in [1.29, 1.82) is 0 Å². The fourth-order valence-corrected chi connectivity index (χ4v) is 2.56. The number of methoxy groups -OCH3 is 1. The zero-order chi connectivity index (χ0) is 13.0. The maximum absolute atomic E-state index is 11.8. The molecule has 0 unspecified atom stereocenters. The molecule has 3 nitrogen and oxygen atoms in total. The van der Waals surface area contributed by atoms with Crippen LogP contribution in [0.15, 0.2) is 35.0 Å². The molecule has 1 heterocycles. The first-order chi connectivity index (χ1) is 8.77. The Labute approximate surface area is 110 Å². The van der Waals surface area contributed by atoms with Gasteiger partial charge < -0.3 is 9.47 Å². The van der Waals surface area contributed by atoms with Gasteiger partial charge in [-0.2, -0.15) is 11.3 Å². The fourth-order valence-electron chi connectivity index (χ4n) is 1.74. The molecule has 4 heteroatoms. The van der Waals surface area contributed by atoms with Gasteiger partial charge in [-0.1, -0.05) is 18.2 Å². The third-order valence-electron chi connectivity index (χ3n) is 2.55. The van der Waals surface area contributed by atoms with Crippen molar-refractivity contribution in [2.75, 3.05) is 13.7 Å². The van der Waals surface area contributed by atoms with Crippen molar-refractivity contribution in [3.05, 3.63) is 40.6 Å². The van der Waals surface area contributed by atoms with Crippen LogP contribution in [-0.2, 0) is 4.74 Å². The van der Waals surface area contributed by atoms with Crippen LogP contribution >= 0.6 is 11.3 Å². The number of esters is 1. The zero-order valence-electron chi connectivity index (χ0n) is 10.3. The Morgan fingerprint density at radius 2 is 2.00 bits per heavy atom. The van der Waals surface area contributed by atoms with Gasteiger partial charge in [0, 0.05) is 16.5 Å². The largest absolute Gasteiger partial charge is 0.496 e. The van der Waals surface area contributed by atoms with Crippen LogP contribution < -0.4 is 4.74 Å². The number of hydrogen-bond acceptors (Lipinski definition) is 4. The van der Waals surface area contributed by atoms with Gasteiger partial charge in [0.2, 0.25) is 0 Å². The molecule has 0 aliphatic carbocycles. The first-order valence-electron chi connectivity index (χ1n) is 5.64. The Morgan fingerprint density at radius 1 is 1.22 bits per heavy atom. The van der Waals surface area contributed by atoms with Gasteiger partial charge in [-0.05, 0) is 18.4 Å². The van der Waals surface area contributed by atoms with Crippen LogP contribution in [0, 0.1) is 0 Å². The van der Waals surface area contributed by atoms with Crippen molar-refractivity contribution in [1.82, 2.24) is 0 Å². The van der Waals surface area contributed by atoms with Crippen molar-refractivity contribution in [3.63, 3.8) is 0 Å². The number of benzene rings is 1. The second-order valence-corrected chi connectivity index (χ2v) is 4.36. The summed E-state index contributed by atoms with van der Waals surface area (Å²) in [6.45, 7) is 2.17. The number of para-hydroxylation sites is 1. The van der Waals surface area contributed by atoms with Crippen LogP contribution in [0.4, 0.5) is 0 Å². The first kappa shape index (κ1) is 12.6. The summed E-state index contributed by atoms with van der Waals surface area (Å²) in [4.78, 5) is 11.8. The van der Waals surface area contributed by atoms with Crippen LogP contribution in [-0.4, -0.2) is 19.7 Å². The Balaban J connectivity index is 2.45. The van der Waals surface area contributed by atoms with Crippen molar-refractivity contribution < 1.29 is 14.3 Å². The van der Waals surface area contributed by atoms with Crippen molar-refractivity contribution >= 4 is 17.3 Å². The molecule has 0 N–H and O–H groups in total. The third kappa shape index (κ3) is 2.38. The second-order valence-electron chi connectivity index (χ2n) is 3.62. The summed E-state index contributed by atoms with van der Waals surface area (Å²) in [6.07, 6.45) is 0. The van der Waals surface area contributed by atoms with E-state index >= 15 is 0 Å². The fraction of sp³-hybridized carbons (Fsp3) is 0.214. The first-order valence-corrected chi connectivity index (χ1v) is 6.59. The highest BCUT2D eigenvalue weighted by Crippen LogP contribution is 2.34. The van der Waals surface area contributed by atoms with E-state index in [1.165, 1.54) is 11.3 Å². The smallest absolute Gasteiger partial charge is 0.339 e. The number of thiophene rings is 1. The molecule has 0 fully saturated rings. The minimum Gasteiger partial charge on any atom is -0.496 e. The summed E-state index contributed by atoms with van der Waals surface area (Å²) in [7, 11) is 1.62. The SMILES string of the molecule is CCOC(=O)c1cscc1-c1ccccc1OC. The average Bonchev–Trinajstić information content (AvgIpc) is 2.88. The molecule has 0 aliphatic heterocycles. The minimum atomic E-state index is -0.292. The Hall–Kier alpha value is -1.81. The van der Waals surface area contributed by atoms with Crippen molar-refractivity contribution in [3.8, 4) is 16.9 Å². The number of carbonyl (C=O) groups excluding carboxylic acids is 1. The molecule has 94 valence electrons. The van der Waals surface area contributed by atoms with E-state index < -0.39 is 0 Å². The van der Waals surface area contributed by atoms with E-state index in [1.807, 2.05) is 29.6 Å². The minimum absolute atomic E-state index is 0.292. The predicted molar refractivity (Wildman–Crippen MR) is 72.3 cm³/mol. The number of ether oxygens (including phenoxy) is 2. The second kappa shape index (κ2) is 5.69. The molecule has 0 saturated heterocycles. The highest BCUT2D eigenvalue weighted by molar-refractivity contribution is 7.08. The summed E-state index contributed by atoms with van der Waals surface area (Å²) in [6, 6.07) is 7.63. The summed E-state index contributed by atoms with van der Waals surface area (Å²) < 4.78 is 10.4. The van der Waals surface area contributed by atoms with E-state index in [9.17, 15) is 4.79 Å². The Bertz CT molecular complexity index is 545. The molecular formula is C14H14O3S. The summed E-state index contributed by atoms with van der Waals surface area (Å²) >= 11 is 1.48. The molecule has 0 saturated carbocycles. The van der Waals surface area contributed by atoms with Crippen LogP contribution in [0.5, 0.6) is 5.75 Å². The van der Waals surface area contributed by atoms with E-state index in [0.29, 0.717) is 12.2 Å². The molecule has 0 bridgehead atoms. The molecule has 0 amide bonds. The molecule has 1 aromatic heterocycles. The number of hydrogen-bond donors (Lipinski definition) is 0. The molecule has 0 spiro atoms. The standard InChI is InChI=1S/C14H14O3S/c1-3-17-14(15)12-9-18-8-11(12)10-6-4-5-7-13(10)16-2/h4-9H,3H2,1-2H3. The lowest BCUT2D eigenvalue weighted by Crippen LogP contribution is -2.04. The topological polar surface area (TPSA) is 35.5 Å². The monoisotopic (exact) mass is 262 g/mol. The van der Waals surface area contributed by atoms with Gasteiger partial charge in [-0.25, -0.2) is 4.79 Å². The number of carbonyl (C=O) groups is 1. The maximum Gasteiger partial charge on any atom is 0.339 e. The summed E-state index contributed by atoms with van der Waals surface area (Å²) in [5, 5.41) is 3.74. The molecule has 2 aromatic rings. The van der Waals surface area contributed by atoms with Gasteiger partial charge in [0.15, 0.2) is 0 Å². The van der Waals surface area contributed by atoms with E-state index in [4.69, 9.17) is 9.47 Å². The molecule has 0 aliphatic rings. The van der Waals surface area contributed by atoms with E-state index in [2.05, 4.69) is 0 Å². The molecule has 0 atom stereocenters. The zero-order valence-corrected chi connectivity index (χ0v) is 11.1. The van der Waals surface area contributed by atoms with Gasteiger partial charge in [-0.3, -0.25) is 0 Å². The molecule has 2 rings (SSSR count). The number of rotatable bonds is 4. The highest BCUT2D eigenvalue weighted by atomic mass is 32.1. The summed E-state index contributed by atoms with van der Waals surface area (Å²) in [5.74, 6) is 0.459. The average molecular weight is 262 g/mol. The van der Waals surface area contributed by atoms with Crippen LogP contribution in [0.1, 0.15) is 17.3 Å². The van der Waals surface area contributed by atoms with Gasteiger partial charge in [0.05, 0.1) is 19.3 Å². The highest BCUT2D eigenvalue weighted by Gasteiger charge is 2.17. The van der Waals surface area contributed by atoms with Crippen molar-refractivity contribution in [2.45, 2.75) is 6.92 Å². The van der Waals surface area contributed by atoms with Crippen LogP contribution in [0.2, 0.25) is 0 Å². The summed E-state index contributed by atoms with van der Waals surface area (Å²) in [5.41, 5.74) is 2.35. The Morgan fingerprint density at radius 3 is 2.72 bits per heavy atom. The van der Waals surface area contributed by atoms with E-state index in [1.54, 1.807) is 19.4 Å². The molecule has 18 heavy (non-hydrogen) atoms. The quantitative estimate of drug-likeness (QED) is 0.790. The van der Waals surface area contributed by atoms with Gasteiger partial charge in [0.1, 0.15) is 5.75 Å². The van der Waals surface area contributed by atoms with Crippen LogP contribution in [0.3, 0.4) is 0 Å². The lowest BCUT2D eigenvalue weighted by molar-refractivity contribution is 0.0528. The normalized spacial score (nSPS) is 10.1. The molecule has 0 radical (unpaired) electrons. The van der Waals surface area contributed by atoms with Crippen molar-refractivity contribution in [2.24, 2.45) is 0 Å². The van der Waals surface area contributed by atoms with Gasteiger partial charge in [0.25, 0.3) is 0 Å². The maximum atomic E-state index is 11.8. The Kier molecular flexibility index (Phi) is 3.99.